The monoisotopic (exact) mass is 272 g/mol. The van der Waals surface area contributed by atoms with Crippen LogP contribution >= 0.6 is 11.6 Å². The number of hydrogen-bond donors (Lipinski definition) is 1. The Hall–Kier alpha value is -2.33. The molecule has 0 radical (unpaired) electrons. The zero-order valence-corrected chi connectivity index (χ0v) is 10.5. The number of hydrogen-bond acceptors (Lipinski definition) is 3. The third-order valence-corrected chi connectivity index (χ3v) is 3.04. The van der Waals surface area contributed by atoms with Crippen LogP contribution in [0.2, 0.25) is 5.02 Å². The Morgan fingerprint density at radius 2 is 1.84 bits per heavy atom. The lowest BCUT2D eigenvalue weighted by molar-refractivity contribution is 0.475. The molecular weight excluding hydrogens is 264 g/mol. The van der Waals surface area contributed by atoms with E-state index >= 15 is 0 Å². The van der Waals surface area contributed by atoms with Crippen LogP contribution in [-0.2, 0) is 0 Å². The molecule has 3 rings (SSSR count). The van der Waals surface area contributed by atoms with Crippen molar-refractivity contribution < 1.29 is 5.11 Å². The summed E-state index contributed by atoms with van der Waals surface area (Å²) in [4.78, 5) is 16.3. The first-order chi connectivity index (χ1) is 9.13. The van der Waals surface area contributed by atoms with Crippen molar-refractivity contribution in [2.75, 3.05) is 0 Å². The Kier molecular flexibility index (Phi) is 2.72. The molecule has 0 amide bonds. The van der Waals surface area contributed by atoms with Gasteiger partial charge in [0.15, 0.2) is 0 Å². The van der Waals surface area contributed by atoms with Gasteiger partial charge < -0.3 is 5.11 Å². The lowest BCUT2D eigenvalue weighted by Gasteiger charge is -2.04. The molecule has 4 nitrogen and oxygen atoms in total. The summed E-state index contributed by atoms with van der Waals surface area (Å²) in [6.45, 7) is 0. The third-order valence-electron chi connectivity index (χ3n) is 2.79. The summed E-state index contributed by atoms with van der Waals surface area (Å²) in [6, 6.07) is 11.4. The molecule has 0 spiro atoms. The molecule has 94 valence electrons. The van der Waals surface area contributed by atoms with Crippen LogP contribution in [-0.4, -0.2) is 14.5 Å². The van der Waals surface area contributed by atoms with E-state index in [0.717, 1.165) is 5.56 Å². The minimum Gasteiger partial charge on any atom is -0.508 e. The van der Waals surface area contributed by atoms with E-state index in [4.69, 9.17) is 11.6 Å². The highest BCUT2D eigenvalue weighted by Crippen LogP contribution is 2.19. The van der Waals surface area contributed by atoms with Crippen molar-refractivity contribution in [3.8, 4) is 17.0 Å². The number of pyridine rings is 1. The van der Waals surface area contributed by atoms with Crippen molar-refractivity contribution in [3.63, 3.8) is 0 Å². The minimum atomic E-state index is -0.199. The summed E-state index contributed by atoms with van der Waals surface area (Å²) >= 11 is 5.83. The second-order valence-corrected chi connectivity index (χ2v) is 4.54. The number of aromatic nitrogens is 2. The molecular formula is C14H9ClN2O2. The van der Waals surface area contributed by atoms with Crippen LogP contribution in [0.15, 0.2) is 53.5 Å². The molecule has 1 aromatic carbocycles. The van der Waals surface area contributed by atoms with E-state index in [-0.39, 0.29) is 11.3 Å². The predicted molar refractivity (Wildman–Crippen MR) is 73.6 cm³/mol. The maximum atomic E-state index is 12.0. The summed E-state index contributed by atoms with van der Waals surface area (Å²) in [6.07, 6.45) is 1.49. The first-order valence-electron chi connectivity index (χ1n) is 5.62. The lowest BCUT2D eigenvalue weighted by Crippen LogP contribution is -2.13. The van der Waals surface area contributed by atoms with E-state index in [9.17, 15) is 9.90 Å². The lowest BCUT2D eigenvalue weighted by atomic mass is 10.1. The van der Waals surface area contributed by atoms with Crippen LogP contribution in [0.25, 0.3) is 16.9 Å². The van der Waals surface area contributed by atoms with Crippen LogP contribution in [0, 0.1) is 0 Å². The Labute approximate surface area is 113 Å². The number of fused-ring (bicyclic) bond motifs is 1. The zero-order chi connectivity index (χ0) is 13.4. The van der Waals surface area contributed by atoms with Gasteiger partial charge >= 0.3 is 0 Å². The summed E-state index contributed by atoms with van der Waals surface area (Å²) in [5.74, 6) is 0.0696. The van der Waals surface area contributed by atoms with E-state index in [1.807, 2.05) is 0 Å². The van der Waals surface area contributed by atoms with Crippen molar-refractivity contribution in [3.05, 3.63) is 64.0 Å². The predicted octanol–water partition coefficient (Wildman–Crippen LogP) is 2.72. The number of rotatable bonds is 1. The molecule has 1 N–H and O–H groups in total. The number of nitrogens with zero attached hydrogens (tertiary/aromatic N) is 2. The Bertz CT molecular complexity index is 810. The van der Waals surface area contributed by atoms with Gasteiger partial charge in [-0.25, -0.2) is 4.98 Å². The molecule has 2 heterocycles. The molecule has 0 bridgehead atoms. The second-order valence-electron chi connectivity index (χ2n) is 4.10. The maximum Gasteiger partial charge on any atom is 0.258 e. The highest BCUT2D eigenvalue weighted by molar-refractivity contribution is 6.30. The van der Waals surface area contributed by atoms with Gasteiger partial charge in [-0.05, 0) is 18.2 Å². The molecule has 0 unspecified atom stereocenters. The summed E-state index contributed by atoms with van der Waals surface area (Å²) in [7, 11) is 0. The van der Waals surface area contributed by atoms with Gasteiger partial charge in [0.2, 0.25) is 0 Å². The van der Waals surface area contributed by atoms with Crippen molar-refractivity contribution >= 4 is 17.2 Å². The molecule has 5 heteroatoms. The Morgan fingerprint density at radius 1 is 1.11 bits per heavy atom. The first-order valence-corrected chi connectivity index (χ1v) is 6.00. The average molecular weight is 273 g/mol. The summed E-state index contributed by atoms with van der Waals surface area (Å²) in [5, 5.41) is 10.1. The summed E-state index contributed by atoms with van der Waals surface area (Å²) in [5.41, 5.74) is 1.55. The zero-order valence-electron chi connectivity index (χ0n) is 9.75. The molecule has 0 saturated heterocycles. The molecule has 0 aliphatic carbocycles. The van der Waals surface area contributed by atoms with E-state index in [1.54, 1.807) is 24.3 Å². The average Bonchev–Trinajstić information content (AvgIpc) is 2.38. The molecule has 0 atom stereocenters. The molecule has 0 aliphatic rings. The van der Waals surface area contributed by atoms with Gasteiger partial charge in [-0.3, -0.25) is 9.20 Å². The highest BCUT2D eigenvalue weighted by Gasteiger charge is 2.05. The van der Waals surface area contributed by atoms with Gasteiger partial charge in [-0.15, -0.1) is 0 Å². The van der Waals surface area contributed by atoms with Gasteiger partial charge in [0.25, 0.3) is 5.56 Å². The van der Waals surface area contributed by atoms with Crippen molar-refractivity contribution in [1.82, 2.24) is 9.38 Å². The molecule has 0 saturated carbocycles. The van der Waals surface area contributed by atoms with Crippen LogP contribution in [0.3, 0.4) is 0 Å². The molecule has 19 heavy (non-hydrogen) atoms. The molecule has 0 fully saturated rings. The van der Waals surface area contributed by atoms with Gasteiger partial charge in [0.1, 0.15) is 11.4 Å². The van der Waals surface area contributed by atoms with E-state index in [0.29, 0.717) is 16.4 Å². The van der Waals surface area contributed by atoms with Crippen molar-refractivity contribution in [1.29, 1.82) is 0 Å². The fourth-order valence-electron chi connectivity index (χ4n) is 1.86. The van der Waals surface area contributed by atoms with Crippen molar-refractivity contribution in [2.45, 2.75) is 0 Å². The molecule has 3 aromatic rings. The Morgan fingerprint density at radius 3 is 2.58 bits per heavy atom. The van der Waals surface area contributed by atoms with Gasteiger partial charge in [0, 0.05) is 28.9 Å². The number of halogens is 1. The quantitative estimate of drug-likeness (QED) is 0.741. The fourth-order valence-corrected chi connectivity index (χ4v) is 1.99. The largest absolute Gasteiger partial charge is 0.508 e. The van der Waals surface area contributed by atoms with Gasteiger partial charge in [-0.2, -0.15) is 0 Å². The minimum absolute atomic E-state index is 0.0696. The van der Waals surface area contributed by atoms with Crippen LogP contribution in [0.1, 0.15) is 0 Å². The Balaban J connectivity index is 2.25. The maximum absolute atomic E-state index is 12.0. The van der Waals surface area contributed by atoms with Crippen molar-refractivity contribution in [2.24, 2.45) is 0 Å². The smallest absolute Gasteiger partial charge is 0.258 e. The van der Waals surface area contributed by atoms with E-state index < -0.39 is 0 Å². The van der Waals surface area contributed by atoms with Crippen LogP contribution in [0.4, 0.5) is 0 Å². The van der Waals surface area contributed by atoms with Gasteiger partial charge in [-0.1, -0.05) is 23.7 Å². The molecule has 0 aliphatic heterocycles. The standard InChI is InChI=1S/C14H9ClN2O2/c15-10-3-1-9(2-4-10)12-8-14(19)17-6-5-11(18)7-13(17)16-12/h1-8,18H. The van der Waals surface area contributed by atoms with Crippen LogP contribution in [0.5, 0.6) is 5.75 Å². The normalized spacial score (nSPS) is 10.8. The molecule has 2 aromatic heterocycles. The number of aromatic hydroxyl groups is 1. The highest BCUT2D eigenvalue weighted by atomic mass is 35.5. The number of benzene rings is 1. The SMILES string of the molecule is O=c1cc(-c2ccc(Cl)cc2)nc2cc(O)ccn12. The fraction of sp³-hybridized carbons (Fsp3) is 0. The van der Waals surface area contributed by atoms with E-state index in [1.165, 1.54) is 28.8 Å². The topological polar surface area (TPSA) is 54.6 Å². The van der Waals surface area contributed by atoms with E-state index in [2.05, 4.69) is 4.98 Å². The van der Waals surface area contributed by atoms with Crippen LogP contribution < -0.4 is 5.56 Å². The third kappa shape index (κ3) is 2.18. The summed E-state index contributed by atoms with van der Waals surface area (Å²) < 4.78 is 1.37. The second kappa shape index (κ2) is 4.40. The van der Waals surface area contributed by atoms with Gasteiger partial charge in [0.05, 0.1) is 5.69 Å². The first kappa shape index (κ1) is 11.7.